The quantitative estimate of drug-likeness (QED) is 0.743. The molecular weight excluding hydrogens is 320 g/mol. The molecule has 25 heavy (non-hydrogen) atoms. The third kappa shape index (κ3) is 5.34. The van der Waals surface area contributed by atoms with Gasteiger partial charge in [0.2, 0.25) is 5.91 Å². The van der Waals surface area contributed by atoms with Gasteiger partial charge in [-0.3, -0.25) is 4.79 Å². The molecule has 7 heteroatoms. The summed E-state index contributed by atoms with van der Waals surface area (Å²) in [7, 11) is 3.16. The summed E-state index contributed by atoms with van der Waals surface area (Å²) in [5, 5.41) is 11.2. The number of hydrogen-bond donors (Lipinski definition) is 1. The number of carbonyl (C=O) groups is 1. The summed E-state index contributed by atoms with van der Waals surface area (Å²) in [5.41, 5.74) is 0.850. The van der Waals surface area contributed by atoms with Crippen LogP contribution in [-0.4, -0.2) is 41.2 Å². The monoisotopic (exact) mass is 344 g/mol. The second-order valence-electron chi connectivity index (χ2n) is 5.89. The highest BCUT2D eigenvalue weighted by Gasteiger charge is 2.16. The minimum Gasteiger partial charge on any atom is -0.493 e. The molecule has 2 aromatic rings. The Morgan fingerprint density at radius 2 is 1.88 bits per heavy atom. The zero-order chi connectivity index (χ0) is 18.2. The second kappa shape index (κ2) is 8.86. The van der Waals surface area contributed by atoms with Crippen LogP contribution in [0.4, 0.5) is 0 Å². The van der Waals surface area contributed by atoms with E-state index < -0.39 is 0 Å². The number of aromatic nitrogens is 3. The van der Waals surface area contributed by atoms with Gasteiger partial charge in [0.05, 0.1) is 39.2 Å². The predicted molar refractivity (Wildman–Crippen MR) is 95.4 cm³/mol. The van der Waals surface area contributed by atoms with E-state index in [0.29, 0.717) is 18.0 Å². The maximum Gasteiger partial charge on any atom is 0.244 e. The van der Waals surface area contributed by atoms with E-state index in [2.05, 4.69) is 15.5 Å². The van der Waals surface area contributed by atoms with E-state index in [0.717, 1.165) is 5.56 Å². The van der Waals surface area contributed by atoms with Crippen molar-refractivity contribution in [3.05, 3.63) is 42.2 Å². The summed E-state index contributed by atoms with van der Waals surface area (Å²) in [6, 6.07) is 5.42. The first kappa shape index (κ1) is 18.5. The van der Waals surface area contributed by atoms with Gasteiger partial charge in [-0.25, -0.2) is 0 Å². The van der Waals surface area contributed by atoms with E-state index in [9.17, 15) is 4.79 Å². The van der Waals surface area contributed by atoms with Crippen molar-refractivity contribution in [3.8, 4) is 11.5 Å². The predicted octanol–water partition coefficient (Wildman–Crippen LogP) is 2.15. The fourth-order valence-electron chi connectivity index (χ4n) is 2.30. The number of nitrogens with one attached hydrogen (secondary N) is 1. The highest BCUT2D eigenvalue weighted by molar-refractivity contribution is 5.92. The van der Waals surface area contributed by atoms with Gasteiger partial charge in [-0.15, -0.1) is 0 Å². The van der Waals surface area contributed by atoms with Crippen LogP contribution in [0, 0.1) is 5.92 Å². The Bertz CT molecular complexity index is 711. The lowest BCUT2D eigenvalue weighted by Crippen LogP contribution is -2.41. The molecule has 0 aliphatic carbocycles. The van der Waals surface area contributed by atoms with Crippen molar-refractivity contribution in [1.82, 2.24) is 20.3 Å². The van der Waals surface area contributed by atoms with Gasteiger partial charge in [-0.05, 0) is 29.7 Å². The van der Waals surface area contributed by atoms with E-state index in [4.69, 9.17) is 9.47 Å². The van der Waals surface area contributed by atoms with Crippen LogP contribution >= 0.6 is 0 Å². The lowest BCUT2D eigenvalue weighted by molar-refractivity contribution is -0.117. The zero-order valence-corrected chi connectivity index (χ0v) is 15.0. The van der Waals surface area contributed by atoms with Crippen LogP contribution in [0.5, 0.6) is 11.5 Å². The maximum absolute atomic E-state index is 12.2. The Labute approximate surface area is 147 Å². The lowest BCUT2D eigenvalue weighted by atomic mass is 10.0. The number of methoxy groups -OCH3 is 2. The zero-order valence-electron chi connectivity index (χ0n) is 15.0. The fourth-order valence-corrected chi connectivity index (χ4v) is 2.30. The number of benzene rings is 1. The molecule has 7 nitrogen and oxygen atoms in total. The summed E-state index contributed by atoms with van der Waals surface area (Å²) >= 11 is 0. The van der Waals surface area contributed by atoms with Gasteiger partial charge < -0.3 is 14.8 Å². The first-order chi connectivity index (χ1) is 12.0. The summed E-state index contributed by atoms with van der Waals surface area (Å²) < 4.78 is 10.5. The molecule has 2 rings (SSSR count). The van der Waals surface area contributed by atoms with E-state index in [1.165, 1.54) is 6.08 Å². The lowest BCUT2D eigenvalue weighted by Gasteiger charge is -2.20. The van der Waals surface area contributed by atoms with Crippen LogP contribution in [0.1, 0.15) is 19.4 Å². The van der Waals surface area contributed by atoms with Crippen molar-refractivity contribution in [2.24, 2.45) is 5.92 Å². The van der Waals surface area contributed by atoms with Gasteiger partial charge in [0, 0.05) is 6.08 Å². The SMILES string of the molecule is COc1ccc(/C=C/C(=O)NC(Cn2nccn2)C(C)C)cc1OC. The molecule has 1 aromatic carbocycles. The Morgan fingerprint density at radius 1 is 1.20 bits per heavy atom. The first-order valence-corrected chi connectivity index (χ1v) is 8.08. The van der Waals surface area contributed by atoms with Gasteiger partial charge in [0.1, 0.15) is 0 Å². The largest absolute Gasteiger partial charge is 0.493 e. The Hall–Kier alpha value is -2.83. The standard InChI is InChI=1S/C18H24N4O3/c1-13(2)15(12-22-19-9-10-20-22)21-18(23)8-6-14-5-7-16(24-3)17(11-14)25-4/h5-11,13,15H,12H2,1-4H3,(H,21,23)/b8-6+. The summed E-state index contributed by atoms with van der Waals surface area (Å²) in [4.78, 5) is 13.8. The molecule has 1 heterocycles. The van der Waals surface area contributed by atoms with Crippen LogP contribution < -0.4 is 14.8 Å². The van der Waals surface area contributed by atoms with Crippen LogP contribution in [0.2, 0.25) is 0 Å². The number of nitrogens with zero attached hydrogens (tertiary/aromatic N) is 3. The van der Waals surface area contributed by atoms with Gasteiger partial charge in [-0.2, -0.15) is 15.0 Å². The molecule has 0 aliphatic rings. The van der Waals surface area contributed by atoms with Gasteiger partial charge in [0.15, 0.2) is 11.5 Å². The third-order valence-corrected chi connectivity index (χ3v) is 3.79. The van der Waals surface area contributed by atoms with E-state index in [1.54, 1.807) is 43.6 Å². The topological polar surface area (TPSA) is 78.3 Å². The second-order valence-corrected chi connectivity index (χ2v) is 5.89. The number of carbonyl (C=O) groups excluding carboxylic acids is 1. The van der Waals surface area contributed by atoms with Crippen LogP contribution in [0.15, 0.2) is 36.7 Å². The molecule has 0 saturated carbocycles. The molecular formula is C18H24N4O3. The van der Waals surface area contributed by atoms with E-state index in [-0.39, 0.29) is 17.9 Å². The van der Waals surface area contributed by atoms with Gasteiger partial charge >= 0.3 is 0 Å². The fraction of sp³-hybridized carbons (Fsp3) is 0.389. The molecule has 0 fully saturated rings. The van der Waals surface area contributed by atoms with Crippen molar-refractivity contribution in [2.75, 3.05) is 14.2 Å². The van der Waals surface area contributed by atoms with Crippen molar-refractivity contribution in [3.63, 3.8) is 0 Å². The minimum absolute atomic E-state index is 0.0602. The number of rotatable bonds is 8. The highest BCUT2D eigenvalue weighted by Crippen LogP contribution is 2.27. The molecule has 0 spiro atoms. The Kier molecular flexibility index (Phi) is 6.56. The smallest absolute Gasteiger partial charge is 0.244 e. The van der Waals surface area contributed by atoms with Crippen molar-refractivity contribution < 1.29 is 14.3 Å². The van der Waals surface area contributed by atoms with Gasteiger partial charge in [0.25, 0.3) is 0 Å². The first-order valence-electron chi connectivity index (χ1n) is 8.08. The average molecular weight is 344 g/mol. The molecule has 0 radical (unpaired) electrons. The molecule has 1 aromatic heterocycles. The summed E-state index contributed by atoms with van der Waals surface area (Å²) in [6.45, 7) is 4.62. The summed E-state index contributed by atoms with van der Waals surface area (Å²) in [6.07, 6.45) is 6.49. The van der Waals surface area contributed by atoms with E-state index in [1.807, 2.05) is 26.0 Å². The molecule has 1 amide bonds. The summed E-state index contributed by atoms with van der Waals surface area (Å²) in [5.74, 6) is 1.36. The highest BCUT2D eigenvalue weighted by atomic mass is 16.5. The molecule has 0 saturated heterocycles. The van der Waals surface area contributed by atoms with Crippen molar-refractivity contribution in [2.45, 2.75) is 26.4 Å². The average Bonchev–Trinajstić information content (AvgIpc) is 3.12. The third-order valence-electron chi connectivity index (χ3n) is 3.79. The molecule has 134 valence electrons. The van der Waals surface area contributed by atoms with Gasteiger partial charge in [-0.1, -0.05) is 19.9 Å². The van der Waals surface area contributed by atoms with Crippen LogP contribution in [-0.2, 0) is 11.3 Å². The van der Waals surface area contributed by atoms with E-state index >= 15 is 0 Å². The van der Waals surface area contributed by atoms with Crippen LogP contribution in [0.3, 0.4) is 0 Å². The van der Waals surface area contributed by atoms with Crippen molar-refractivity contribution >= 4 is 12.0 Å². The number of hydrogen-bond acceptors (Lipinski definition) is 5. The minimum atomic E-state index is -0.166. The number of amides is 1. The van der Waals surface area contributed by atoms with Crippen molar-refractivity contribution in [1.29, 1.82) is 0 Å². The molecule has 1 unspecified atom stereocenters. The Balaban J connectivity index is 2.01. The van der Waals surface area contributed by atoms with Crippen LogP contribution in [0.25, 0.3) is 6.08 Å². The molecule has 0 bridgehead atoms. The molecule has 1 N–H and O–H groups in total. The maximum atomic E-state index is 12.2. The molecule has 1 atom stereocenters. The molecule has 0 aliphatic heterocycles. The Morgan fingerprint density at radius 3 is 2.48 bits per heavy atom. The normalized spacial score (nSPS) is 12.4. The number of ether oxygens (including phenoxy) is 2.